The Bertz CT molecular complexity index is 535. The van der Waals surface area contributed by atoms with Crippen LogP contribution in [-0.4, -0.2) is 33.8 Å². The fourth-order valence-electron chi connectivity index (χ4n) is 2.24. The standard InChI is InChI=1S/C14H18ClN3O2/c1-3-14(2)13(20)18(7-5-12(19)17-14)9-10-4-6-16-8-11(10)15/h4,6,8H,3,5,7,9H2,1-2H3,(H,17,19). The molecule has 2 amide bonds. The molecule has 0 saturated carbocycles. The number of hydrogen-bond donors (Lipinski definition) is 1. The molecule has 2 heterocycles. The van der Waals surface area contributed by atoms with Gasteiger partial charge in [-0.15, -0.1) is 0 Å². The van der Waals surface area contributed by atoms with Crippen LogP contribution in [0.3, 0.4) is 0 Å². The Morgan fingerprint density at radius 3 is 2.90 bits per heavy atom. The van der Waals surface area contributed by atoms with Gasteiger partial charge in [-0.05, 0) is 25.0 Å². The SMILES string of the molecule is CCC1(C)NC(=O)CCN(Cc2ccncc2Cl)C1=O. The van der Waals surface area contributed by atoms with Crippen LogP contribution in [0.25, 0.3) is 0 Å². The van der Waals surface area contributed by atoms with Gasteiger partial charge in [0.2, 0.25) is 11.8 Å². The Hall–Kier alpha value is -1.62. The lowest BCUT2D eigenvalue weighted by atomic mass is 9.97. The number of pyridine rings is 1. The highest BCUT2D eigenvalue weighted by molar-refractivity contribution is 6.31. The Labute approximate surface area is 123 Å². The number of carbonyl (C=O) groups excluding carboxylic acids is 2. The largest absolute Gasteiger partial charge is 0.342 e. The van der Waals surface area contributed by atoms with Crippen molar-refractivity contribution in [2.45, 2.75) is 38.8 Å². The fourth-order valence-corrected chi connectivity index (χ4v) is 2.42. The second-order valence-corrected chi connectivity index (χ2v) is 5.58. The summed E-state index contributed by atoms with van der Waals surface area (Å²) in [6.07, 6.45) is 4.07. The molecule has 1 atom stereocenters. The highest BCUT2D eigenvalue weighted by Gasteiger charge is 2.39. The van der Waals surface area contributed by atoms with Crippen LogP contribution in [0.1, 0.15) is 32.3 Å². The zero-order valence-corrected chi connectivity index (χ0v) is 12.4. The highest BCUT2D eigenvalue weighted by atomic mass is 35.5. The minimum atomic E-state index is -0.840. The number of halogens is 1. The molecular formula is C14H18ClN3O2. The number of nitrogens with one attached hydrogen (secondary N) is 1. The topological polar surface area (TPSA) is 62.3 Å². The maximum atomic E-state index is 12.6. The maximum absolute atomic E-state index is 12.6. The molecule has 2 rings (SSSR count). The van der Waals surface area contributed by atoms with Crippen molar-refractivity contribution in [1.29, 1.82) is 0 Å². The van der Waals surface area contributed by atoms with Crippen molar-refractivity contribution in [2.75, 3.05) is 6.54 Å². The molecule has 1 aromatic heterocycles. The highest BCUT2D eigenvalue weighted by Crippen LogP contribution is 2.22. The summed E-state index contributed by atoms with van der Waals surface area (Å²) in [6, 6.07) is 1.79. The first-order chi connectivity index (χ1) is 9.46. The summed E-state index contributed by atoms with van der Waals surface area (Å²) < 4.78 is 0. The second-order valence-electron chi connectivity index (χ2n) is 5.18. The normalized spacial score (nSPS) is 23.4. The van der Waals surface area contributed by atoms with Gasteiger partial charge in [-0.3, -0.25) is 14.6 Å². The zero-order valence-electron chi connectivity index (χ0n) is 11.6. The summed E-state index contributed by atoms with van der Waals surface area (Å²) >= 11 is 6.08. The third-order valence-corrected chi connectivity index (χ3v) is 4.05. The van der Waals surface area contributed by atoms with Crippen LogP contribution in [-0.2, 0) is 16.1 Å². The third kappa shape index (κ3) is 2.93. The summed E-state index contributed by atoms with van der Waals surface area (Å²) in [5, 5.41) is 3.34. The Morgan fingerprint density at radius 1 is 1.50 bits per heavy atom. The molecule has 0 aliphatic carbocycles. The summed E-state index contributed by atoms with van der Waals surface area (Å²) in [7, 11) is 0. The molecule has 20 heavy (non-hydrogen) atoms. The molecule has 1 N–H and O–H groups in total. The summed E-state index contributed by atoms with van der Waals surface area (Å²) in [6.45, 7) is 4.45. The predicted molar refractivity (Wildman–Crippen MR) is 76.1 cm³/mol. The number of hydrogen-bond acceptors (Lipinski definition) is 3. The molecule has 1 saturated heterocycles. The molecule has 108 valence electrons. The van der Waals surface area contributed by atoms with Crippen LogP contribution >= 0.6 is 11.6 Å². The van der Waals surface area contributed by atoms with Crippen molar-refractivity contribution < 1.29 is 9.59 Å². The number of aromatic nitrogens is 1. The van der Waals surface area contributed by atoms with Crippen LogP contribution in [0, 0.1) is 0 Å². The first kappa shape index (κ1) is 14.8. The first-order valence-electron chi connectivity index (χ1n) is 6.65. The summed E-state index contributed by atoms with van der Waals surface area (Å²) in [5.41, 5.74) is -0.00425. The smallest absolute Gasteiger partial charge is 0.248 e. The molecule has 1 aliphatic rings. The molecule has 0 spiro atoms. The van der Waals surface area contributed by atoms with Crippen LogP contribution in [0.4, 0.5) is 0 Å². The number of carbonyl (C=O) groups is 2. The van der Waals surface area contributed by atoms with Gasteiger partial charge in [-0.2, -0.15) is 0 Å². The molecule has 1 unspecified atom stereocenters. The van der Waals surface area contributed by atoms with E-state index in [1.165, 1.54) is 0 Å². The van der Waals surface area contributed by atoms with E-state index in [1.807, 2.05) is 6.92 Å². The van der Waals surface area contributed by atoms with E-state index in [-0.39, 0.29) is 11.8 Å². The zero-order chi connectivity index (χ0) is 14.8. The second kappa shape index (κ2) is 5.79. The molecule has 1 fully saturated rings. The molecule has 1 aliphatic heterocycles. The van der Waals surface area contributed by atoms with Crippen LogP contribution in [0.15, 0.2) is 18.5 Å². The van der Waals surface area contributed by atoms with E-state index in [9.17, 15) is 9.59 Å². The lowest BCUT2D eigenvalue weighted by Gasteiger charge is -2.31. The van der Waals surface area contributed by atoms with Gasteiger partial charge in [0, 0.05) is 31.9 Å². The van der Waals surface area contributed by atoms with Crippen molar-refractivity contribution in [1.82, 2.24) is 15.2 Å². The maximum Gasteiger partial charge on any atom is 0.248 e. The average Bonchev–Trinajstić information content (AvgIpc) is 2.53. The van der Waals surface area contributed by atoms with Crippen molar-refractivity contribution in [2.24, 2.45) is 0 Å². The van der Waals surface area contributed by atoms with E-state index >= 15 is 0 Å². The van der Waals surface area contributed by atoms with Crippen LogP contribution in [0.5, 0.6) is 0 Å². The molecular weight excluding hydrogens is 278 g/mol. The van der Waals surface area contributed by atoms with Crippen LogP contribution in [0.2, 0.25) is 5.02 Å². The van der Waals surface area contributed by atoms with Gasteiger partial charge in [0.05, 0.1) is 5.02 Å². The predicted octanol–water partition coefficient (Wildman–Crippen LogP) is 1.75. The molecule has 5 nitrogen and oxygen atoms in total. The van der Waals surface area contributed by atoms with E-state index in [1.54, 1.807) is 30.3 Å². The Morgan fingerprint density at radius 2 is 2.25 bits per heavy atom. The lowest BCUT2D eigenvalue weighted by Crippen LogP contribution is -2.54. The van der Waals surface area contributed by atoms with Crippen molar-refractivity contribution in [3.63, 3.8) is 0 Å². The van der Waals surface area contributed by atoms with E-state index in [0.717, 1.165) is 5.56 Å². The van der Waals surface area contributed by atoms with E-state index < -0.39 is 5.54 Å². The van der Waals surface area contributed by atoms with Gasteiger partial charge in [0.15, 0.2) is 0 Å². The molecule has 0 aromatic carbocycles. The van der Waals surface area contributed by atoms with Gasteiger partial charge in [-0.1, -0.05) is 18.5 Å². The Kier molecular flexibility index (Phi) is 4.28. The van der Waals surface area contributed by atoms with Gasteiger partial charge < -0.3 is 10.2 Å². The van der Waals surface area contributed by atoms with Gasteiger partial charge >= 0.3 is 0 Å². The number of rotatable bonds is 3. The number of amides is 2. The molecule has 6 heteroatoms. The minimum absolute atomic E-state index is 0.0706. The van der Waals surface area contributed by atoms with Gasteiger partial charge in [0.1, 0.15) is 5.54 Å². The fraction of sp³-hybridized carbons (Fsp3) is 0.500. The van der Waals surface area contributed by atoms with E-state index in [2.05, 4.69) is 10.3 Å². The van der Waals surface area contributed by atoms with Crippen LogP contribution < -0.4 is 5.32 Å². The molecule has 0 radical (unpaired) electrons. The molecule has 1 aromatic rings. The monoisotopic (exact) mass is 295 g/mol. The molecule has 0 bridgehead atoms. The minimum Gasteiger partial charge on any atom is -0.342 e. The van der Waals surface area contributed by atoms with Gasteiger partial charge in [-0.25, -0.2) is 0 Å². The lowest BCUT2D eigenvalue weighted by molar-refractivity contribution is -0.138. The van der Waals surface area contributed by atoms with Crippen molar-refractivity contribution in [3.8, 4) is 0 Å². The first-order valence-corrected chi connectivity index (χ1v) is 7.03. The third-order valence-electron chi connectivity index (χ3n) is 3.71. The quantitative estimate of drug-likeness (QED) is 0.924. The Balaban J connectivity index is 2.24. The van der Waals surface area contributed by atoms with Crippen molar-refractivity contribution >= 4 is 23.4 Å². The summed E-state index contributed by atoms with van der Waals surface area (Å²) in [4.78, 5) is 30.0. The van der Waals surface area contributed by atoms with E-state index in [4.69, 9.17) is 11.6 Å². The average molecular weight is 296 g/mol. The van der Waals surface area contributed by atoms with Crippen molar-refractivity contribution in [3.05, 3.63) is 29.0 Å². The van der Waals surface area contributed by atoms with E-state index in [0.29, 0.717) is 31.0 Å². The van der Waals surface area contributed by atoms with Gasteiger partial charge in [0.25, 0.3) is 0 Å². The number of nitrogens with zero attached hydrogens (tertiary/aromatic N) is 2. The summed E-state index contributed by atoms with van der Waals surface area (Å²) in [5.74, 6) is -0.162.